The molecule has 0 aromatic carbocycles. The van der Waals surface area contributed by atoms with E-state index in [2.05, 4.69) is 15.1 Å². The van der Waals surface area contributed by atoms with Gasteiger partial charge in [0.2, 0.25) is 11.1 Å². The molecule has 2 N–H and O–H groups in total. The normalized spacial score (nSPS) is 12.8. The molecule has 0 fully saturated rings. The lowest BCUT2D eigenvalue weighted by Gasteiger charge is -2.05. The third-order valence-electron chi connectivity index (χ3n) is 2.53. The maximum Gasteiger partial charge on any atom is 0.253 e. The van der Waals surface area contributed by atoms with Crippen LogP contribution in [-0.4, -0.2) is 30.7 Å². The number of primary amides is 1. The molecule has 0 aliphatic carbocycles. The minimum absolute atomic E-state index is 0.302. The molecule has 0 aliphatic rings. The van der Waals surface area contributed by atoms with Crippen LogP contribution in [0.25, 0.3) is 5.78 Å². The van der Waals surface area contributed by atoms with Crippen LogP contribution >= 0.6 is 11.8 Å². The fraction of sp³-hybridized carbons (Fsp3) is 0.455. The fourth-order valence-corrected chi connectivity index (χ4v) is 2.47. The number of aromatic nitrogens is 4. The van der Waals surface area contributed by atoms with Crippen LogP contribution in [0, 0.1) is 13.8 Å². The largest absolute Gasteiger partial charge is 0.369 e. The highest BCUT2D eigenvalue weighted by Crippen LogP contribution is 2.22. The average Bonchev–Trinajstić information content (AvgIpc) is 2.68. The van der Waals surface area contributed by atoms with Gasteiger partial charge in [-0.25, -0.2) is 9.50 Å². The van der Waals surface area contributed by atoms with Gasteiger partial charge >= 0.3 is 0 Å². The van der Waals surface area contributed by atoms with E-state index in [1.54, 1.807) is 4.52 Å². The molecule has 1 atom stereocenters. The zero-order valence-corrected chi connectivity index (χ0v) is 11.4. The van der Waals surface area contributed by atoms with Crippen molar-refractivity contribution in [3.05, 3.63) is 17.5 Å². The van der Waals surface area contributed by atoms with Crippen LogP contribution in [0.4, 0.5) is 0 Å². The molecule has 96 valence electrons. The number of nitrogens with zero attached hydrogens (tertiary/aromatic N) is 4. The van der Waals surface area contributed by atoms with Crippen molar-refractivity contribution in [3.8, 4) is 0 Å². The number of thioether (sulfide) groups is 1. The van der Waals surface area contributed by atoms with Crippen LogP contribution in [-0.2, 0) is 4.79 Å². The van der Waals surface area contributed by atoms with Crippen molar-refractivity contribution in [2.75, 3.05) is 0 Å². The quantitative estimate of drug-likeness (QED) is 0.836. The Balaban J connectivity index is 2.36. The Morgan fingerprint density at radius 2 is 2.22 bits per heavy atom. The Morgan fingerprint density at radius 1 is 1.50 bits per heavy atom. The van der Waals surface area contributed by atoms with E-state index in [1.807, 2.05) is 26.8 Å². The molecule has 2 aromatic rings. The van der Waals surface area contributed by atoms with Gasteiger partial charge in [0.05, 0.1) is 5.25 Å². The first-order valence-corrected chi connectivity index (χ1v) is 6.56. The maximum atomic E-state index is 11.2. The van der Waals surface area contributed by atoms with E-state index in [-0.39, 0.29) is 11.2 Å². The molecule has 18 heavy (non-hydrogen) atoms. The van der Waals surface area contributed by atoms with E-state index in [9.17, 15) is 4.79 Å². The fourth-order valence-electron chi connectivity index (χ4n) is 1.67. The lowest BCUT2D eigenvalue weighted by atomic mass is 10.3. The Kier molecular flexibility index (Phi) is 3.51. The molecule has 2 heterocycles. The van der Waals surface area contributed by atoms with Crippen LogP contribution in [0.1, 0.15) is 24.7 Å². The summed E-state index contributed by atoms with van der Waals surface area (Å²) < 4.78 is 1.67. The van der Waals surface area contributed by atoms with Crippen LogP contribution in [0.5, 0.6) is 0 Å². The lowest BCUT2D eigenvalue weighted by Crippen LogP contribution is -2.24. The van der Waals surface area contributed by atoms with Gasteiger partial charge in [-0.2, -0.15) is 4.98 Å². The maximum absolute atomic E-state index is 11.2. The number of hydrogen-bond donors (Lipinski definition) is 1. The van der Waals surface area contributed by atoms with Crippen LogP contribution < -0.4 is 5.73 Å². The highest BCUT2D eigenvalue weighted by molar-refractivity contribution is 8.00. The van der Waals surface area contributed by atoms with Crippen LogP contribution in [0.2, 0.25) is 0 Å². The number of aryl methyl sites for hydroxylation is 2. The summed E-state index contributed by atoms with van der Waals surface area (Å²) in [5, 5.41) is 4.55. The molecule has 0 aliphatic heterocycles. The number of amides is 1. The average molecular weight is 265 g/mol. The minimum Gasteiger partial charge on any atom is -0.369 e. The summed E-state index contributed by atoms with van der Waals surface area (Å²) in [5.74, 6) is 0.205. The minimum atomic E-state index is -0.345. The Bertz CT molecular complexity index is 594. The van der Waals surface area contributed by atoms with Gasteiger partial charge in [0.1, 0.15) is 0 Å². The van der Waals surface area contributed by atoms with E-state index >= 15 is 0 Å². The number of carbonyl (C=O) groups is 1. The van der Waals surface area contributed by atoms with Crippen molar-refractivity contribution in [2.45, 2.75) is 37.6 Å². The van der Waals surface area contributed by atoms with E-state index in [0.717, 1.165) is 11.4 Å². The predicted molar refractivity (Wildman–Crippen MR) is 69.4 cm³/mol. The smallest absolute Gasteiger partial charge is 0.253 e. The van der Waals surface area contributed by atoms with Gasteiger partial charge in [-0.05, 0) is 26.3 Å². The third kappa shape index (κ3) is 2.45. The highest BCUT2D eigenvalue weighted by atomic mass is 32.2. The van der Waals surface area contributed by atoms with Crippen molar-refractivity contribution in [3.63, 3.8) is 0 Å². The summed E-state index contributed by atoms with van der Waals surface area (Å²) >= 11 is 1.28. The molecule has 0 saturated carbocycles. The molecule has 0 radical (unpaired) electrons. The Morgan fingerprint density at radius 3 is 2.83 bits per heavy atom. The van der Waals surface area contributed by atoms with Crippen molar-refractivity contribution in [1.29, 1.82) is 0 Å². The monoisotopic (exact) mass is 265 g/mol. The van der Waals surface area contributed by atoms with Crippen molar-refractivity contribution >= 4 is 23.4 Å². The first-order valence-electron chi connectivity index (χ1n) is 5.68. The number of rotatable bonds is 4. The standard InChI is InChI=1S/C11H15N5OS/c1-4-8(9(12)17)18-11-14-10-13-6(2)5-7(3)16(10)15-11/h5,8H,4H2,1-3H3,(H2,12,17). The van der Waals surface area contributed by atoms with E-state index in [0.29, 0.717) is 17.4 Å². The van der Waals surface area contributed by atoms with Crippen molar-refractivity contribution in [2.24, 2.45) is 5.73 Å². The summed E-state index contributed by atoms with van der Waals surface area (Å²) in [6.45, 7) is 5.76. The molecule has 2 aromatic heterocycles. The van der Waals surface area contributed by atoms with Crippen LogP contribution in [0.15, 0.2) is 11.2 Å². The van der Waals surface area contributed by atoms with Gasteiger partial charge < -0.3 is 5.73 Å². The van der Waals surface area contributed by atoms with Gasteiger partial charge in [0.15, 0.2) is 0 Å². The summed E-state index contributed by atoms with van der Waals surface area (Å²) in [7, 11) is 0. The van der Waals surface area contributed by atoms with Gasteiger partial charge in [0, 0.05) is 11.4 Å². The molecule has 1 unspecified atom stereocenters. The molecular formula is C11H15N5OS. The van der Waals surface area contributed by atoms with Gasteiger partial charge in [-0.1, -0.05) is 18.7 Å². The topological polar surface area (TPSA) is 86.2 Å². The predicted octanol–water partition coefficient (Wildman–Crippen LogP) is 1.10. The Hall–Kier alpha value is -1.63. The number of carbonyl (C=O) groups excluding carboxylic acids is 1. The summed E-state index contributed by atoms with van der Waals surface area (Å²) in [5.41, 5.74) is 7.16. The molecule has 2 rings (SSSR count). The lowest BCUT2D eigenvalue weighted by molar-refractivity contribution is -0.117. The van der Waals surface area contributed by atoms with E-state index in [4.69, 9.17) is 5.73 Å². The zero-order valence-electron chi connectivity index (χ0n) is 10.5. The molecular weight excluding hydrogens is 250 g/mol. The number of nitrogens with two attached hydrogens (primary N) is 1. The summed E-state index contributed by atoms with van der Waals surface area (Å²) in [6.07, 6.45) is 0.654. The number of hydrogen-bond acceptors (Lipinski definition) is 5. The second kappa shape index (κ2) is 4.93. The summed E-state index contributed by atoms with van der Waals surface area (Å²) in [4.78, 5) is 19.8. The second-order valence-corrected chi connectivity index (χ2v) is 5.23. The van der Waals surface area contributed by atoms with E-state index < -0.39 is 0 Å². The summed E-state index contributed by atoms with van der Waals surface area (Å²) in [6, 6.07) is 1.93. The molecule has 0 saturated heterocycles. The molecule has 6 nitrogen and oxygen atoms in total. The SMILES string of the molecule is CCC(Sc1nc2nc(C)cc(C)n2n1)C(N)=O. The molecule has 0 spiro atoms. The first-order chi connectivity index (χ1) is 8.51. The number of fused-ring (bicyclic) bond motifs is 1. The van der Waals surface area contributed by atoms with Crippen molar-refractivity contribution < 1.29 is 4.79 Å². The van der Waals surface area contributed by atoms with Gasteiger partial charge in [-0.3, -0.25) is 4.79 Å². The van der Waals surface area contributed by atoms with Gasteiger partial charge in [-0.15, -0.1) is 5.10 Å². The molecule has 7 heteroatoms. The second-order valence-electron chi connectivity index (χ2n) is 4.06. The molecule has 1 amide bonds. The highest BCUT2D eigenvalue weighted by Gasteiger charge is 2.18. The van der Waals surface area contributed by atoms with Gasteiger partial charge in [0.25, 0.3) is 5.78 Å². The van der Waals surface area contributed by atoms with Crippen molar-refractivity contribution in [1.82, 2.24) is 19.6 Å². The third-order valence-corrected chi connectivity index (χ3v) is 3.77. The Labute approximate surface area is 109 Å². The first kappa shape index (κ1) is 12.8. The molecule has 0 bridgehead atoms. The van der Waals surface area contributed by atoms with Crippen LogP contribution in [0.3, 0.4) is 0 Å². The van der Waals surface area contributed by atoms with E-state index in [1.165, 1.54) is 11.8 Å². The zero-order chi connectivity index (χ0) is 13.3.